The van der Waals surface area contributed by atoms with Gasteiger partial charge in [-0.3, -0.25) is 4.90 Å². The number of aliphatic hydroxyl groups is 1. The first-order valence-corrected chi connectivity index (χ1v) is 8.04. The van der Waals surface area contributed by atoms with Gasteiger partial charge in [-0.05, 0) is 81.8 Å². The number of rotatable bonds is 5. The summed E-state index contributed by atoms with van der Waals surface area (Å²) < 4.78 is 2.35. The lowest BCUT2D eigenvalue weighted by Crippen LogP contribution is -2.22. The Balaban J connectivity index is 1.74. The fraction of sp³-hybridized carbons (Fsp3) is 0.556. The minimum atomic E-state index is -0.587. The second-order valence-corrected chi connectivity index (χ2v) is 6.96. The first kappa shape index (κ1) is 14.6. The third-order valence-electron chi connectivity index (χ3n) is 4.41. The summed E-state index contributed by atoms with van der Waals surface area (Å²) in [5.74, 6) is 0. The Morgan fingerprint density at radius 3 is 2.62 bits per heavy atom. The van der Waals surface area contributed by atoms with Crippen LogP contribution in [0.1, 0.15) is 38.7 Å². The molecule has 1 aromatic heterocycles. The molecule has 0 saturated carbocycles. The molecule has 114 valence electrons. The van der Waals surface area contributed by atoms with E-state index in [4.69, 9.17) is 0 Å². The van der Waals surface area contributed by atoms with Gasteiger partial charge in [0.1, 0.15) is 0 Å². The number of aryl methyl sites for hydroxylation is 1. The molecule has 3 rings (SSSR count). The summed E-state index contributed by atoms with van der Waals surface area (Å²) in [7, 11) is 0. The fourth-order valence-electron chi connectivity index (χ4n) is 3.12. The second kappa shape index (κ2) is 5.82. The van der Waals surface area contributed by atoms with Gasteiger partial charge in [0.25, 0.3) is 0 Å². The molecule has 1 N–H and O–H groups in total. The van der Waals surface area contributed by atoms with Crippen LogP contribution in [0.4, 0.5) is 0 Å². The lowest BCUT2D eigenvalue weighted by atomic mass is 9.98. The molecule has 0 bridgehead atoms. The van der Waals surface area contributed by atoms with E-state index in [-0.39, 0.29) is 0 Å². The first-order chi connectivity index (χ1) is 10.0. The van der Waals surface area contributed by atoms with E-state index in [0.29, 0.717) is 0 Å². The monoisotopic (exact) mass is 286 g/mol. The van der Waals surface area contributed by atoms with Gasteiger partial charge in [0.2, 0.25) is 0 Å². The van der Waals surface area contributed by atoms with E-state index in [2.05, 4.69) is 39.9 Å². The highest BCUT2D eigenvalue weighted by Gasteiger charge is 2.14. The molecule has 2 heterocycles. The van der Waals surface area contributed by atoms with Gasteiger partial charge in [-0.1, -0.05) is 6.07 Å². The molecule has 21 heavy (non-hydrogen) atoms. The van der Waals surface area contributed by atoms with Crippen LogP contribution in [0.25, 0.3) is 10.9 Å². The molecule has 2 aromatic rings. The molecule has 1 fully saturated rings. The third-order valence-corrected chi connectivity index (χ3v) is 4.41. The van der Waals surface area contributed by atoms with E-state index < -0.39 is 5.60 Å². The van der Waals surface area contributed by atoms with Crippen molar-refractivity contribution in [1.29, 1.82) is 0 Å². The highest BCUT2D eigenvalue weighted by molar-refractivity contribution is 5.80. The topological polar surface area (TPSA) is 28.4 Å². The SMILES string of the molecule is CC(C)(O)CCc1ccc2c(ccn2CN2CCCC2)c1. The summed E-state index contributed by atoms with van der Waals surface area (Å²) in [6.07, 6.45) is 6.59. The van der Waals surface area contributed by atoms with Gasteiger partial charge in [0, 0.05) is 11.7 Å². The van der Waals surface area contributed by atoms with Crippen molar-refractivity contribution in [3.8, 4) is 0 Å². The minimum Gasteiger partial charge on any atom is -0.390 e. The van der Waals surface area contributed by atoms with Crippen molar-refractivity contribution in [2.24, 2.45) is 0 Å². The van der Waals surface area contributed by atoms with Gasteiger partial charge < -0.3 is 9.67 Å². The number of hydrogen-bond acceptors (Lipinski definition) is 2. The van der Waals surface area contributed by atoms with E-state index in [1.165, 1.54) is 42.4 Å². The van der Waals surface area contributed by atoms with Gasteiger partial charge in [-0.25, -0.2) is 0 Å². The summed E-state index contributed by atoms with van der Waals surface area (Å²) >= 11 is 0. The Labute approximate surface area is 127 Å². The Kier molecular flexibility index (Phi) is 4.05. The zero-order chi connectivity index (χ0) is 14.9. The van der Waals surface area contributed by atoms with E-state index in [0.717, 1.165) is 19.5 Å². The summed E-state index contributed by atoms with van der Waals surface area (Å²) in [6, 6.07) is 8.90. The molecule has 0 radical (unpaired) electrons. The zero-order valence-electron chi connectivity index (χ0n) is 13.2. The maximum atomic E-state index is 9.85. The van der Waals surface area contributed by atoms with Crippen LogP contribution < -0.4 is 0 Å². The molecule has 0 atom stereocenters. The van der Waals surface area contributed by atoms with Gasteiger partial charge in [0.05, 0.1) is 12.3 Å². The maximum absolute atomic E-state index is 9.85. The van der Waals surface area contributed by atoms with Crippen molar-refractivity contribution in [1.82, 2.24) is 9.47 Å². The fourth-order valence-corrected chi connectivity index (χ4v) is 3.12. The molecule has 0 amide bonds. The van der Waals surface area contributed by atoms with Crippen molar-refractivity contribution in [3.05, 3.63) is 36.0 Å². The molecule has 1 saturated heterocycles. The Morgan fingerprint density at radius 2 is 1.90 bits per heavy atom. The zero-order valence-corrected chi connectivity index (χ0v) is 13.2. The highest BCUT2D eigenvalue weighted by Crippen LogP contribution is 2.21. The van der Waals surface area contributed by atoms with Gasteiger partial charge in [-0.2, -0.15) is 0 Å². The van der Waals surface area contributed by atoms with Crippen LogP contribution in [0.3, 0.4) is 0 Å². The number of nitrogens with zero attached hydrogens (tertiary/aromatic N) is 2. The molecule has 0 aliphatic carbocycles. The predicted molar refractivity (Wildman–Crippen MR) is 87.4 cm³/mol. The average molecular weight is 286 g/mol. The molecule has 1 aromatic carbocycles. The summed E-state index contributed by atoms with van der Waals surface area (Å²) in [6.45, 7) is 7.20. The van der Waals surface area contributed by atoms with Crippen LogP contribution in [-0.2, 0) is 13.1 Å². The Bertz CT molecular complexity index is 603. The van der Waals surface area contributed by atoms with Crippen molar-refractivity contribution < 1.29 is 5.11 Å². The molecular formula is C18H26N2O. The number of benzene rings is 1. The van der Waals surface area contributed by atoms with Gasteiger partial charge in [-0.15, -0.1) is 0 Å². The standard InChI is InChI=1S/C18H26N2O/c1-18(2,21)9-7-15-5-6-17-16(13-15)8-12-20(17)14-19-10-3-4-11-19/h5-6,8,12-13,21H,3-4,7,9-11,14H2,1-2H3. The first-order valence-electron chi connectivity index (χ1n) is 8.04. The molecule has 3 heteroatoms. The van der Waals surface area contributed by atoms with Crippen molar-refractivity contribution in [2.75, 3.05) is 13.1 Å². The molecular weight excluding hydrogens is 260 g/mol. The van der Waals surface area contributed by atoms with Crippen LogP contribution in [-0.4, -0.2) is 33.3 Å². The molecule has 1 aliphatic heterocycles. The van der Waals surface area contributed by atoms with Crippen LogP contribution >= 0.6 is 0 Å². The lowest BCUT2D eigenvalue weighted by molar-refractivity contribution is 0.0714. The number of aromatic nitrogens is 1. The van der Waals surface area contributed by atoms with Crippen LogP contribution in [0.15, 0.2) is 30.5 Å². The Morgan fingerprint density at radius 1 is 1.14 bits per heavy atom. The van der Waals surface area contributed by atoms with Crippen LogP contribution in [0.5, 0.6) is 0 Å². The molecule has 3 nitrogen and oxygen atoms in total. The molecule has 0 spiro atoms. The van der Waals surface area contributed by atoms with E-state index in [1.807, 2.05) is 13.8 Å². The minimum absolute atomic E-state index is 0.587. The number of likely N-dealkylation sites (tertiary alicyclic amines) is 1. The maximum Gasteiger partial charge on any atom is 0.0751 e. The van der Waals surface area contributed by atoms with Crippen LogP contribution in [0, 0.1) is 0 Å². The summed E-state index contributed by atoms with van der Waals surface area (Å²) in [4.78, 5) is 2.52. The molecule has 0 unspecified atom stereocenters. The third kappa shape index (κ3) is 3.66. The van der Waals surface area contributed by atoms with Gasteiger partial charge in [0.15, 0.2) is 0 Å². The van der Waals surface area contributed by atoms with E-state index in [1.54, 1.807) is 0 Å². The highest BCUT2D eigenvalue weighted by atomic mass is 16.3. The number of fused-ring (bicyclic) bond motifs is 1. The summed E-state index contributed by atoms with van der Waals surface area (Å²) in [5.41, 5.74) is 2.04. The van der Waals surface area contributed by atoms with Crippen molar-refractivity contribution >= 4 is 10.9 Å². The van der Waals surface area contributed by atoms with Crippen molar-refractivity contribution in [2.45, 2.75) is 51.8 Å². The van der Waals surface area contributed by atoms with Crippen molar-refractivity contribution in [3.63, 3.8) is 0 Å². The lowest BCUT2D eigenvalue weighted by Gasteiger charge is -2.17. The quantitative estimate of drug-likeness (QED) is 0.912. The second-order valence-electron chi connectivity index (χ2n) is 6.96. The van der Waals surface area contributed by atoms with E-state index in [9.17, 15) is 5.11 Å². The Hall–Kier alpha value is -1.32. The normalized spacial score (nSPS) is 16.9. The van der Waals surface area contributed by atoms with Crippen LogP contribution in [0.2, 0.25) is 0 Å². The number of hydrogen-bond donors (Lipinski definition) is 1. The van der Waals surface area contributed by atoms with Gasteiger partial charge >= 0.3 is 0 Å². The smallest absolute Gasteiger partial charge is 0.0751 e. The predicted octanol–water partition coefficient (Wildman–Crippen LogP) is 3.40. The molecule has 1 aliphatic rings. The average Bonchev–Trinajstić information content (AvgIpc) is 3.06. The largest absolute Gasteiger partial charge is 0.390 e. The van der Waals surface area contributed by atoms with E-state index >= 15 is 0 Å². The summed E-state index contributed by atoms with van der Waals surface area (Å²) in [5, 5.41) is 11.2.